The van der Waals surface area contributed by atoms with E-state index in [1.165, 1.54) is 5.56 Å². The van der Waals surface area contributed by atoms with Crippen LogP contribution < -0.4 is 9.88 Å². The van der Waals surface area contributed by atoms with Crippen molar-refractivity contribution in [3.05, 3.63) is 29.8 Å². The molecule has 0 unspecified atom stereocenters. The highest BCUT2D eigenvalue weighted by Crippen LogP contribution is 2.14. The minimum Gasteiger partial charge on any atom is -0.494 e. The summed E-state index contributed by atoms with van der Waals surface area (Å²) in [6.45, 7) is 2.77. The van der Waals surface area contributed by atoms with Crippen LogP contribution in [0.5, 0.6) is 5.75 Å². The van der Waals surface area contributed by atoms with Gasteiger partial charge in [0.15, 0.2) is 0 Å². The number of nitrogens with two attached hydrogens (primary N) is 1. The molecule has 0 aromatic heterocycles. The number of ether oxygens (including phenoxy) is 1. The largest absolute Gasteiger partial charge is 0.494 e. The highest BCUT2D eigenvalue weighted by atomic mass is 32.2. The van der Waals surface area contributed by atoms with E-state index in [-0.39, 0.29) is 5.75 Å². The van der Waals surface area contributed by atoms with Crippen LogP contribution in [0.2, 0.25) is 0 Å². The second kappa shape index (κ2) is 8.17. The van der Waals surface area contributed by atoms with Crippen LogP contribution in [-0.4, -0.2) is 20.8 Å². The molecule has 0 heterocycles. The van der Waals surface area contributed by atoms with Crippen molar-refractivity contribution in [2.45, 2.75) is 39.0 Å². The van der Waals surface area contributed by atoms with Gasteiger partial charge in [0, 0.05) is 0 Å². The molecular formula is C14H23NO3S. The lowest BCUT2D eigenvalue weighted by Gasteiger charge is -2.07. The summed E-state index contributed by atoms with van der Waals surface area (Å²) in [6, 6.07) is 8.13. The molecule has 1 aromatic rings. The summed E-state index contributed by atoms with van der Waals surface area (Å²) in [4.78, 5) is 0. The Bertz CT molecular complexity index is 454. The van der Waals surface area contributed by atoms with Crippen LogP contribution in [0.15, 0.2) is 24.3 Å². The summed E-state index contributed by atoms with van der Waals surface area (Å²) < 4.78 is 27.0. The topological polar surface area (TPSA) is 69.4 Å². The molecule has 0 saturated carbocycles. The van der Waals surface area contributed by atoms with Crippen LogP contribution in [-0.2, 0) is 16.4 Å². The SMILES string of the molecule is CCCc1ccc(OCCCCCS(N)(=O)=O)cc1. The van der Waals surface area contributed by atoms with Gasteiger partial charge in [-0.15, -0.1) is 0 Å². The molecule has 0 bridgehead atoms. The van der Waals surface area contributed by atoms with Crippen molar-refractivity contribution in [1.29, 1.82) is 0 Å². The van der Waals surface area contributed by atoms with Crippen molar-refractivity contribution < 1.29 is 13.2 Å². The van der Waals surface area contributed by atoms with Crippen molar-refractivity contribution in [3.63, 3.8) is 0 Å². The first-order valence-corrected chi connectivity index (χ1v) is 8.45. The summed E-state index contributed by atoms with van der Waals surface area (Å²) in [5.74, 6) is 0.921. The van der Waals surface area contributed by atoms with Crippen molar-refractivity contribution in [1.82, 2.24) is 0 Å². The van der Waals surface area contributed by atoms with E-state index < -0.39 is 10.0 Å². The Balaban J connectivity index is 2.15. The van der Waals surface area contributed by atoms with E-state index in [9.17, 15) is 8.42 Å². The fourth-order valence-electron chi connectivity index (χ4n) is 1.81. The van der Waals surface area contributed by atoms with Gasteiger partial charge in [-0.25, -0.2) is 13.6 Å². The van der Waals surface area contributed by atoms with Crippen molar-refractivity contribution in [2.75, 3.05) is 12.4 Å². The number of sulfonamides is 1. The number of hydrogen-bond donors (Lipinski definition) is 1. The second-order valence-electron chi connectivity index (χ2n) is 4.67. The predicted molar refractivity (Wildman–Crippen MR) is 77.8 cm³/mol. The fourth-order valence-corrected chi connectivity index (χ4v) is 2.42. The predicted octanol–water partition coefficient (Wildman–Crippen LogP) is 2.48. The molecule has 0 spiro atoms. The Kier molecular flexibility index (Phi) is 6.87. The third kappa shape index (κ3) is 7.85. The lowest BCUT2D eigenvalue weighted by molar-refractivity contribution is 0.306. The minimum atomic E-state index is -3.31. The Morgan fingerprint density at radius 3 is 2.37 bits per heavy atom. The molecule has 0 atom stereocenters. The molecule has 2 N–H and O–H groups in total. The third-order valence-electron chi connectivity index (χ3n) is 2.80. The van der Waals surface area contributed by atoms with E-state index in [4.69, 9.17) is 9.88 Å². The first-order chi connectivity index (χ1) is 9.01. The summed E-state index contributed by atoms with van der Waals surface area (Å²) in [7, 11) is -3.31. The Hall–Kier alpha value is -1.07. The summed E-state index contributed by atoms with van der Waals surface area (Å²) in [5.41, 5.74) is 1.32. The van der Waals surface area contributed by atoms with Crippen LogP contribution in [0.4, 0.5) is 0 Å². The molecule has 0 aliphatic carbocycles. The van der Waals surface area contributed by atoms with Gasteiger partial charge in [0.25, 0.3) is 0 Å². The Morgan fingerprint density at radius 2 is 1.79 bits per heavy atom. The van der Waals surface area contributed by atoms with Gasteiger partial charge in [0.2, 0.25) is 10.0 Å². The Morgan fingerprint density at radius 1 is 1.11 bits per heavy atom. The number of hydrogen-bond acceptors (Lipinski definition) is 3. The van der Waals surface area contributed by atoms with E-state index in [2.05, 4.69) is 19.1 Å². The van der Waals surface area contributed by atoms with Gasteiger partial charge in [-0.05, 0) is 43.4 Å². The number of rotatable bonds is 9. The molecule has 0 amide bonds. The molecular weight excluding hydrogens is 262 g/mol. The monoisotopic (exact) mass is 285 g/mol. The van der Waals surface area contributed by atoms with E-state index in [1.54, 1.807) is 0 Å². The van der Waals surface area contributed by atoms with E-state index in [1.807, 2.05) is 12.1 Å². The third-order valence-corrected chi connectivity index (χ3v) is 3.66. The lowest BCUT2D eigenvalue weighted by Crippen LogP contribution is -2.16. The average molecular weight is 285 g/mol. The van der Waals surface area contributed by atoms with E-state index >= 15 is 0 Å². The zero-order valence-corrected chi connectivity index (χ0v) is 12.3. The lowest BCUT2D eigenvalue weighted by atomic mass is 10.1. The van der Waals surface area contributed by atoms with E-state index in [0.29, 0.717) is 13.0 Å². The summed E-state index contributed by atoms with van der Waals surface area (Å²) in [5, 5.41) is 4.92. The van der Waals surface area contributed by atoms with Gasteiger partial charge < -0.3 is 4.74 Å². The highest BCUT2D eigenvalue weighted by molar-refractivity contribution is 7.89. The minimum absolute atomic E-state index is 0.0543. The van der Waals surface area contributed by atoms with E-state index in [0.717, 1.165) is 31.4 Å². The first-order valence-electron chi connectivity index (χ1n) is 6.73. The average Bonchev–Trinajstić information content (AvgIpc) is 2.35. The molecule has 0 aliphatic heterocycles. The fraction of sp³-hybridized carbons (Fsp3) is 0.571. The summed E-state index contributed by atoms with van der Waals surface area (Å²) in [6.07, 6.45) is 4.48. The molecule has 5 heteroatoms. The maximum atomic E-state index is 10.7. The van der Waals surface area contributed by atoms with Crippen LogP contribution in [0, 0.1) is 0 Å². The Labute approximate surface area is 116 Å². The standard InChI is InChI=1S/C14H23NO3S/c1-2-6-13-7-9-14(10-8-13)18-11-4-3-5-12-19(15,16)17/h7-10H,2-6,11-12H2,1H3,(H2,15,16,17). The van der Waals surface area contributed by atoms with Gasteiger partial charge in [-0.1, -0.05) is 25.5 Å². The zero-order valence-electron chi connectivity index (χ0n) is 11.5. The first kappa shape index (κ1) is 16.0. The molecule has 1 rings (SSSR count). The molecule has 0 radical (unpaired) electrons. The molecule has 0 saturated heterocycles. The number of unbranched alkanes of at least 4 members (excludes halogenated alkanes) is 2. The van der Waals surface area contributed by atoms with Crippen LogP contribution >= 0.6 is 0 Å². The van der Waals surface area contributed by atoms with Crippen LogP contribution in [0.1, 0.15) is 38.2 Å². The maximum absolute atomic E-state index is 10.7. The van der Waals surface area contributed by atoms with Crippen molar-refractivity contribution in [3.8, 4) is 5.75 Å². The molecule has 0 aliphatic rings. The number of benzene rings is 1. The van der Waals surface area contributed by atoms with Crippen LogP contribution in [0.3, 0.4) is 0 Å². The number of aryl methyl sites for hydroxylation is 1. The zero-order chi connectivity index (χ0) is 14.1. The normalized spacial score (nSPS) is 11.5. The van der Waals surface area contributed by atoms with Gasteiger partial charge in [-0.2, -0.15) is 0 Å². The van der Waals surface area contributed by atoms with Crippen molar-refractivity contribution >= 4 is 10.0 Å². The van der Waals surface area contributed by atoms with Gasteiger partial charge >= 0.3 is 0 Å². The van der Waals surface area contributed by atoms with Gasteiger partial charge in [-0.3, -0.25) is 0 Å². The van der Waals surface area contributed by atoms with Gasteiger partial charge in [0.05, 0.1) is 12.4 Å². The number of primary sulfonamides is 1. The molecule has 108 valence electrons. The van der Waals surface area contributed by atoms with Crippen LogP contribution in [0.25, 0.3) is 0 Å². The smallest absolute Gasteiger partial charge is 0.209 e. The highest BCUT2D eigenvalue weighted by Gasteiger charge is 2.01. The molecule has 4 nitrogen and oxygen atoms in total. The summed E-state index contributed by atoms with van der Waals surface area (Å²) >= 11 is 0. The molecule has 0 fully saturated rings. The maximum Gasteiger partial charge on any atom is 0.209 e. The van der Waals surface area contributed by atoms with Gasteiger partial charge in [0.1, 0.15) is 5.75 Å². The molecule has 19 heavy (non-hydrogen) atoms. The quantitative estimate of drug-likeness (QED) is 0.709. The molecule has 1 aromatic carbocycles. The second-order valence-corrected chi connectivity index (χ2v) is 6.40. The van der Waals surface area contributed by atoms with Crippen molar-refractivity contribution in [2.24, 2.45) is 5.14 Å².